The van der Waals surface area contributed by atoms with Gasteiger partial charge >= 0.3 is 0 Å². The average molecular weight is 180 g/mol. The number of rotatable bonds is 3. The summed E-state index contributed by atoms with van der Waals surface area (Å²) in [5.41, 5.74) is 0.442. The Kier molecular flexibility index (Phi) is 2.97. The van der Waals surface area contributed by atoms with E-state index in [1.54, 1.807) is 18.2 Å². The van der Waals surface area contributed by atoms with E-state index < -0.39 is 4.92 Å². The van der Waals surface area contributed by atoms with Gasteiger partial charge in [0.05, 0.1) is 16.7 Å². The van der Waals surface area contributed by atoms with Crippen LogP contribution in [0, 0.1) is 10.1 Å². The Hall–Kier alpha value is -1.91. The maximum atomic E-state index is 10.5. The van der Waals surface area contributed by atoms with Gasteiger partial charge in [0.15, 0.2) is 0 Å². The third-order valence-electron chi connectivity index (χ3n) is 1.43. The summed E-state index contributed by atoms with van der Waals surface area (Å²) < 4.78 is 0. The Morgan fingerprint density at radius 2 is 2.23 bits per heavy atom. The predicted molar refractivity (Wildman–Crippen MR) is 47.7 cm³/mol. The Morgan fingerprint density at radius 1 is 1.54 bits per heavy atom. The third-order valence-corrected chi connectivity index (χ3v) is 1.43. The normalized spacial score (nSPS) is 10.2. The van der Waals surface area contributed by atoms with Crippen molar-refractivity contribution in [3.05, 3.63) is 39.9 Å². The first-order valence-corrected chi connectivity index (χ1v) is 3.55. The molecule has 0 unspecified atom stereocenters. The average Bonchev–Trinajstić information content (AvgIpc) is 2.15. The predicted octanol–water partition coefficient (Wildman–Crippen LogP) is 1.58. The lowest BCUT2D eigenvalue weighted by molar-refractivity contribution is -0.385. The van der Waals surface area contributed by atoms with E-state index in [1.807, 2.05) is 0 Å². The molecule has 0 aliphatic rings. The van der Waals surface area contributed by atoms with Crippen molar-refractivity contribution in [2.45, 2.75) is 0 Å². The molecular weight excluding hydrogens is 172 g/mol. The van der Waals surface area contributed by atoms with E-state index in [4.69, 9.17) is 0 Å². The number of para-hydroxylation sites is 1. The lowest BCUT2D eigenvalue weighted by atomic mass is 10.2. The molecule has 1 rings (SSSR count). The summed E-state index contributed by atoms with van der Waals surface area (Å²) in [6.45, 7) is 0. The zero-order valence-corrected chi connectivity index (χ0v) is 7.01. The van der Waals surface area contributed by atoms with Gasteiger partial charge in [-0.05, 0) is 6.07 Å². The van der Waals surface area contributed by atoms with Gasteiger partial charge in [0.25, 0.3) is 5.69 Å². The number of nitro groups is 1. The fraction of sp³-hybridized carbons (Fsp3) is 0.125. The number of hydrogen-bond donors (Lipinski definition) is 0. The summed E-state index contributed by atoms with van der Waals surface area (Å²) in [4.78, 5) is 14.5. The third kappa shape index (κ3) is 2.26. The summed E-state index contributed by atoms with van der Waals surface area (Å²) in [6, 6.07) is 6.31. The van der Waals surface area contributed by atoms with Crippen LogP contribution in [0.5, 0.6) is 0 Å². The van der Waals surface area contributed by atoms with E-state index in [-0.39, 0.29) is 5.69 Å². The molecule has 0 aromatic heterocycles. The molecule has 0 radical (unpaired) electrons. The molecule has 0 aliphatic heterocycles. The number of oxime groups is 1. The van der Waals surface area contributed by atoms with Gasteiger partial charge in [-0.3, -0.25) is 10.1 Å². The molecule has 0 amide bonds. The molecule has 13 heavy (non-hydrogen) atoms. The van der Waals surface area contributed by atoms with E-state index in [1.165, 1.54) is 19.4 Å². The maximum Gasteiger partial charge on any atom is 0.278 e. The molecule has 0 bridgehead atoms. The quantitative estimate of drug-likeness (QED) is 0.403. The molecule has 0 aliphatic carbocycles. The second-order valence-corrected chi connectivity index (χ2v) is 2.23. The Balaban J connectivity index is 3.05. The highest BCUT2D eigenvalue weighted by atomic mass is 16.6. The van der Waals surface area contributed by atoms with E-state index in [0.717, 1.165) is 0 Å². The molecule has 0 spiro atoms. The molecule has 0 saturated carbocycles. The summed E-state index contributed by atoms with van der Waals surface area (Å²) in [5.74, 6) is 0. The Labute approximate surface area is 74.8 Å². The Morgan fingerprint density at radius 3 is 2.85 bits per heavy atom. The molecule has 0 saturated heterocycles. The van der Waals surface area contributed by atoms with E-state index in [2.05, 4.69) is 9.99 Å². The first-order chi connectivity index (χ1) is 6.25. The van der Waals surface area contributed by atoms with Crippen molar-refractivity contribution >= 4 is 11.9 Å². The molecule has 0 fully saturated rings. The standard InChI is InChI=1S/C8H8N2O3/c1-13-9-6-7-4-2-3-5-8(7)10(11)12/h2-6H,1H3/b9-6+. The molecule has 0 heterocycles. The SMILES string of the molecule is CO/N=C/c1ccccc1[N+](=O)[O-]. The van der Waals surface area contributed by atoms with E-state index in [0.29, 0.717) is 5.56 Å². The van der Waals surface area contributed by atoms with E-state index >= 15 is 0 Å². The van der Waals surface area contributed by atoms with Gasteiger partial charge in [0.1, 0.15) is 7.11 Å². The van der Waals surface area contributed by atoms with Crippen molar-refractivity contribution in [1.82, 2.24) is 0 Å². The maximum absolute atomic E-state index is 10.5. The van der Waals surface area contributed by atoms with Crippen LogP contribution >= 0.6 is 0 Å². The van der Waals surface area contributed by atoms with Gasteiger partial charge in [0, 0.05) is 6.07 Å². The van der Waals surface area contributed by atoms with Crippen molar-refractivity contribution in [3.63, 3.8) is 0 Å². The lowest BCUT2D eigenvalue weighted by Gasteiger charge is -1.94. The van der Waals surface area contributed by atoms with Crippen LogP contribution in [0.4, 0.5) is 5.69 Å². The second kappa shape index (κ2) is 4.20. The highest BCUT2D eigenvalue weighted by Gasteiger charge is 2.09. The van der Waals surface area contributed by atoms with Gasteiger partial charge in [-0.2, -0.15) is 0 Å². The van der Waals surface area contributed by atoms with Gasteiger partial charge in [-0.15, -0.1) is 0 Å². The van der Waals surface area contributed by atoms with Crippen LogP contribution in [0.2, 0.25) is 0 Å². The fourth-order valence-electron chi connectivity index (χ4n) is 0.872. The van der Waals surface area contributed by atoms with E-state index in [9.17, 15) is 10.1 Å². The molecule has 0 N–H and O–H groups in total. The smallest absolute Gasteiger partial charge is 0.278 e. The number of nitro benzene ring substituents is 1. The first kappa shape index (κ1) is 9.18. The molecule has 68 valence electrons. The molecule has 5 nitrogen and oxygen atoms in total. The number of hydrogen-bond acceptors (Lipinski definition) is 4. The highest BCUT2D eigenvalue weighted by molar-refractivity contribution is 5.84. The topological polar surface area (TPSA) is 64.7 Å². The monoisotopic (exact) mass is 180 g/mol. The minimum absolute atomic E-state index is 0.0169. The van der Waals surface area contributed by atoms with Crippen LogP contribution in [-0.4, -0.2) is 18.2 Å². The first-order valence-electron chi connectivity index (χ1n) is 3.55. The molecular formula is C8H8N2O3. The highest BCUT2D eigenvalue weighted by Crippen LogP contribution is 2.14. The van der Waals surface area contributed by atoms with Gasteiger partial charge in [0.2, 0.25) is 0 Å². The summed E-state index contributed by atoms with van der Waals surface area (Å²) >= 11 is 0. The van der Waals surface area contributed by atoms with Crippen molar-refractivity contribution in [2.75, 3.05) is 7.11 Å². The van der Waals surface area contributed by atoms with Crippen LogP contribution in [0.3, 0.4) is 0 Å². The second-order valence-electron chi connectivity index (χ2n) is 2.23. The lowest BCUT2D eigenvalue weighted by Crippen LogP contribution is -1.93. The number of benzene rings is 1. The van der Waals surface area contributed by atoms with Crippen molar-refractivity contribution in [2.24, 2.45) is 5.16 Å². The minimum atomic E-state index is -0.461. The summed E-state index contributed by atoms with van der Waals surface area (Å²) in [7, 11) is 1.38. The van der Waals surface area contributed by atoms with Crippen LogP contribution in [0.15, 0.2) is 29.4 Å². The van der Waals surface area contributed by atoms with Crippen molar-refractivity contribution < 1.29 is 9.76 Å². The number of nitrogens with zero attached hydrogens (tertiary/aromatic N) is 2. The molecule has 1 aromatic rings. The minimum Gasteiger partial charge on any atom is -0.399 e. The molecule has 5 heteroatoms. The summed E-state index contributed by atoms with van der Waals surface area (Å²) in [5, 5.41) is 13.9. The van der Waals surface area contributed by atoms with Crippen molar-refractivity contribution in [1.29, 1.82) is 0 Å². The van der Waals surface area contributed by atoms with Crippen LogP contribution in [-0.2, 0) is 4.84 Å². The molecule has 1 aromatic carbocycles. The Bertz CT molecular complexity index is 336. The van der Waals surface area contributed by atoms with Crippen LogP contribution in [0.1, 0.15) is 5.56 Å². The fourth-order valence-corrected chi connectivity index (χ4v) is 0.872. The molecule has 0 atom stereocenters. The van der Waals surface area contributed by atoms with Crippen LogP contribution in [0.25, 0.3) is 0 Å². The van der Waals surface area contributed by atoms with Gasteiger partial charge in [-0.25, -0.2) is 0 Å². The largest absolute Gasteiger partial charge is 0.399 e. The zero-order chi connectivity index (χ0) is 9.68. The summed E-state index contributed by atoms with van der Waals surface area (Å²) in [6.07, 6.45) is 1.30. The van der Waals surface area contributed by atoms with Gasteiger partial charge < -0.3 is 4.84 Å². The van der Waals surface area contributed by atoms with Gasteiger partial charge in [-0.1, -0.05) is 17.3 Å². The van der Waals surface area contributed by atoms with Crippen LogP contribution < -0.4 is 0 Å². The van der Waals surface area contributed by atoms with Crippen molar-refractivity contribution in [3.8, 4) is 0 Å². The zero-order valence-electron chi connectivity index (χ0n) is 7.01.